The van der Waals surface area contributed by atoms with Crippen molar-refractivity contribution in [2.45, 2.75) is 45.2 Å². The number of aliphatic hydroxyl groups is 4. The van der Waals surface area contributed by atoms with Crippen LogP contribution in [0.2, 0.25) is 0 Å². The van der Waals surface area contributed by atoms with Gasteiger partial charge < -0.3 is 40.5 Å². The minimum absolute atomic E-state index is 0.129. The number of nitrogens with zero attached hydrogens (tertiary/aromatic N) is 2. The number of thiocarbonyl (C=S) groups is 2. The average molecular weight is 593 g/mol. The molecule has 2 aromatic rings. The molecule has 0 fully saturated rings. The molecule has 0 bridgehead atoms. The molecule has 2 rings (SSSR count). The fourth-order valence-corrected chi connectivity index (χ4v) is 3.36. The second kappa shape index (κ2) is 18.0. The van der Waals surface area contributed by atoms with Gasteiger partial charge in [-0.1, -0.05) is 24.3 Å². The average Bonchev–Trinajstić information content (AvgIpc) is 2.97. The molecule has 3 unspecified atom stereocenters. The van der Waals surface area contributed by atoms with E-state index in [2.05, 4.69) is 31.7 Å². The summed E-state index contributed by atoms with van der Waals surface area (Å²) in [5, 5.41) is 53.7. The van der Waals surface area contributed by atoms with Gasteiger partial charge in [0, 0.05) is 13.1 Å². The molecular formula is C26H36N6O6S2. The lowest BCUT2D eigenvalue weighted by Gasteiger charge is -2.21. The molecule has 0 aliphatic heterocycles. The summed E-state index contributed by atoms with van der Waals surface area (Å²) in [5.41, 5.74) is 6.88. The van der Waals surface area contributed by atoms with Gasteiger partial charge in [0.2, 0.25) is 0 Å². The van der Waals surface area contributed by atoms with E-state index in [1.807, 2.05) is 62.4 Å². The van der Waals surface area contributed by atoms with Gasteiger partial charge in [0.25, 0.3) is 0 Å². The third-order valence-corrected chi connectivity index (χ3v) is 5.70. The summed E-state index contributed by atoms with van der Waals surface area (Å²) < 4.78 is 10.8. The lowest BCUT2D eigenvalue weighted by atomic mass is 10.0. The van der Waals surface area contributed by atoms with Gasteiger partial charge in [0.1, 0.15) is 35.5 Å². The molecule has 2 aromatic carbocycles. The van der Waals surface area contributed by atoms with E-state index in [4.69, 9.17) is 39.0 Å². The van der Waals surface area contributed by atoms with Crippen LogP contribution in [0, 0.1) is 0 Å². The topological polar surface area (TPSA) is 172 Å². The quantitative estimate of drug-likeness (QED) is 0.0821. The standard InChI is InChI=1S/C26H36N6O6S2/c1-3-37-19-9-5-17(6-10-19)13-27-25(39)31-29-15-21(23(35)24(36)22(34)16-33)30-32-26(40)28-14-18-7-11-20(12-8-18)38-4-2/h5-12,15,22-24,33-36H,3-4,13-14,16H2,1-2H3,(H2,27,31,39)(H2,28,32,40)/b29-15+,30-21-. The molecule has 0 aromatic heterocycles. The van der Waals surface area contributed by atoms with Gasteiger partial charge in [0.15, 0.2) is 10.2 Å². The number of rotatable bonds is 15. The minimum atomic E-state index is -1.74. The first-order valence-electron chi connectivity index (χ1n) is 12.5. The zero-order valence-electron chi connectivity index (χ0n) is 22.3. The van der Waals surface area contributed by atoms with E-state index in [-0.39, 0.29) is 15.9 Å². The highest BCUT2D eigenvalue weighted by molar-refractivity contribution is 7.80. The summed E-state index contributed by atoms with van der Waals surface area (Å²) in [6, 6.07) is 15.0. The number of aliphatic hydroxyl groups excluding tert-OH is 4. The maximum absolute atomic E-state index is 10.5. The smallest absolute Gasteiger partial charge is 0.187 e. The Balaban J connectivity index is 1.95. The fraction of sp³-hybridized carbons (Fsp3) is 0.385. The van der Waals surface area contributed by atoms with Gasteiger partial charge in [-0.05, 0) is 73.7 Å². The lowest BCUT2D eigenvalue weighted by molar-refractivity contribution is -0.0549. The van der Waals surface area contributed by atoms with Crippen molar-refractivity contribution in [2.24, 2.45) is 10.2 Å². The number of hydrazone groups is 2. The van der Waals surface area contributed by atoms with E-state index >= 15 is 0 Å². The molecule has 12 nitrogen and oxygen atoms in total. The highest BCUT2D eigenvalue weighted by Crippen LogP contribution is 2.12. The van der Waals surface area contributed by atoms with E-state index < -0.39 is 24.9 Å². The first-order chi connectivity index (χ1) is 19.3. The van der Waals surface area contributed by atoms with E-state index in [0.29, 0.717) is 26.3 Å². The molecule has 40 heavy (non-hydrogen) atoms. The van der Waals surface area contributed by atoms with Crippen molar-refractivity contribution in [2.75, 3.05) is 19.8 Å². The van der Waals surface area contributed by atoms with Crippen LogP contribution in [-0.4, -0.2) is 80.7 Å². The Kier molecular flexibility index (Phi) is 14.8. The second-order valence-corrected chi connectivity index (χ2v) is 9.04. The Bertz CT molecular complexity index is 1120. The van der Waals surface area contributed by atoms with Crippen molar-refractivity contribution in [3.63, 3.8) is 0 Å². The summed E-state index contributed by atoms with van der Waals surface area (Å²) in [6.07, 6.45) is -3.96. The van der Waals surface area contributed by atoms with Gasteiger partial charge in [0.05, 0.1) is 26.0 Å². The Labute approximate surface area is 244 Å². The van der Waals surface area contributed by atoms with Crippen LogP contribution in [0.25, 0.3) is 0 Å². The molecule has 0 aliphatic carbocycles. The first-order valence-corrected chi connectivity index (χ1v) is 13.4. The molecule has 14 heteroatoms. The molecule has 0 saturated heterocycles. The van der Waals surface area contributed by atoms with E-state index in [9.17, 15) is 15.3 Å². The predicted octanol–water partition coefficient (Wildman–Crippen LogP) is 0.529. The van der Waals surface area contributed by atoms with Crippen LogP contribution < -0.4 is 31.0 Å². The summed E-state index contributed by atoms with van der Waals surface area (Å²) in [7, 11) is 0. The summed E-state index contributed by atoms with van der Waals surface area (Å²) in [6.45, 7) is 5.03. The molecule has 0 heterocycles. The van der Waals surface area contributed by atoms with E-state index in [1.54, 1.807) is 0 Å². The van der Waals surface area contributed by atoms with Gasteiger partial charge >= 0.3 is 0 Å². The Morgan fingerprint density at radius 3 is 1.75 bits per heavy atom. The van der Waals surface area contributed by atoms with Crippen LogP contribution in [0.3, 0.4) is 0 Å². The van der Waals surface area contributed by atoms with Crippen LogP contribution in [0.5, 0.6) is 11.5 Å². The maximum atomic E-state index is 10.5. The van der Waals surface area contributed by atoms with Gasteiger partial charge in [-0.15, -0.1) is 0 Å². The SMILES string of the molecule is CCOc1ccc(CNC(=S)N/N=C(/C=N/NC(=S)NCc2ccc(OCC)cc2)C(O)C(O)C(O)CO)cc1. The van der Waals surface area contributed by atoms with Crippen molar-refractivity contribution in [1.29, 1.82) is 0 Å². The third-order valence-electron chi connectivity index (χ3n) is 5.23. The summed E-state index contributed by atoms with van der Waals surface area (Å²) in [5.74, 6) is 1.53. The monoisotopic (exact) mass is 592 g/mol. The largest absolute Gasteiger partial charge is 0.494 e. The molecule has 0 radical (unpaired) electrons. The Hall–Kier alpha value is -3.40. The van der Waals surface area contributed by atoms with Crippen molar-refractivity contribution < 1.29 is 29.9 Å². The van der Waals surface area contributed by atoms with Crippen molar-refractivity contribution in [3.05, 3.63) is 59.7 Å². The summed E-state index contributed by atoms with van der Waals surface area (Å²) in [4.78, 5) is 0. The lowest BCUT2D eigenvalue weighted by Crippen LogP contribution is -2.45. The fourth-order valence-electron chi connectivity index (χ4n) is 3.12. The number of benzene rings is 2. The number of hydrogen-bond acceptors (Lipinski definition) is 10. The first kappa shape index (κ1) is 32.8. The van der Waals surface area contributed by atoms with Crippen LogP contribution in [-0.2, 0) is 13.1 Å². The molecule has 0 amide bonds. The second-order valence-electron chi connectivity index (χ2n) is 8.22. The predicted molar refractivity (Wildman–Crippen MR) is 161 cm³/mol. The number of nitrogens with one attached hydrogen (secondary N) is 4. The van der Waals surface area contributed by atoms with E-state index in [1.165, 1.54) is 0 Å². The Morgan fingerprint density at radius 2 is 1.30 bits per heavy atom. The molecule has 0 aliphatic rings. The van der Waals surface area contributed by atoms with E-state index in [0.717, 1.165) is 28.8 Å². The maximum Gasteiger partial charge on any atom is 0.187 e. The van der Waals surface area contributed by atoms with Gasteiger partial charge in [-0.25, -0.2) is 0 Å². The summed E-state index contributed by atoms with van der Waals surface area (Å²) >= 11 is 10.5. The number of hydrogen-bond donors (Lipinski definition) is 8. The van der Waals surface area contributed by atoms with Crippen LogP contribution in [0.1, 0.15) is 25.0 Å². The van der Waals surface area contributed by atoms with Crippen molar-refractivity contribution >= 4 is 46.6 Å². The van der Waals surface area contributed by atoms with Gasteiger partial charge in [-0.2, -0.15) is 10.2 Å². The van der Waals surface area contributed by atoms with Crippen LogP contribution in [0.4, 0.5) is 0 Å². The third kappa shape index (κ3) is 11.8. The zero-order valence-corrected chi connectivity index (χ0v) is 23.9. The Morgan fingerprint density at radius 1 is 0.825 bits per heavy atom. The van der Waals surface area contributed by atoms with Gasteiger partial charge in [-0.3, -0.25) is 10.9 Å². The highest BCUT2D eigenvalue weighted by Gasteiger charge is 2.28. The van der Waals surface area contributed by atoms with Crippen molar-refractivity contribution in [1.82, 2.24) is 21.5 Å². The highest BCUT2D eigenvalue weighted by atomic mass is 32.1. The van der Waals surface area contributed by atoms with Crippen molar-refractivity contribution in [3.8, 4) is 11.5 Å². The van der Waals surface area contributed by atoms with Crippen LogP contribution in [0.15, 0.2) is 58.7 Å². The molecule has 0 spiro atoms. The normalized spacial score (nSPS) is 13.7. The molecule has 3 atom stereocenters. The zero-order chi connectivity index (χ0) is 29.3. The van der Waals surface area contributed by atoms with Crippen LogP contribution >= 0.6 is 24.4 Å². The molecular weight excluding hydrogens is 556 g/mol. The molecule has 218 valence electrons. The molecule has 0 saturated carbocycles. The molecule has 8 N–H and O–H groups in total. The minimum Gasteiger partial charge on any atom is -0.494 e. The number of ether oxygens (including phenoxy) is 2.